The van der Waals surface area contributed by atoms with Crippen LogP contribution in [0.25, 0.3) is 0 Å². The van der Waals surface area contributed by atoms with Crippen LogP contribution in [-0.2, 0) is 19.0 Å². The number of ether oxygens (including phenoxy) is 3. The molecule has 1 fully saturated rings. The fraction of sp³-hybridized carbons (Fsp3) is 0.444. The minimum atomic E-state index is -0.874. The Kier molecular flexibility index (Phi) is 7.46. The van der Waals surface area contributed by atoms with E-state index in [1.807, 2.05) is 30.3 Å². The smallest absolute Gasteiger partial charge is 0.449 e. The molecule has 3 rings (SSSR count). The highest BCUT2D eigenvalue weighted by Crippen LogP contribution is 2.30. The number of imide groups is 1. The molecule has 0 spiro atoms. The van der Waals surface area contributed by atoms with Gasteiger partial charge in [-0.1, -0.05) is 30.3 Å². The summed E-state index contributed by atoms with van der Waals surface area (Å²) in [6, 6.07) is 8.66. The molecule has 4 N–H and O–H groups in total. The van der Waals surface area contributed by atoms with E-state index in [1.165, 1.54) is 13.3 Å². The molecule has 0 bridgehead atoms. The van der Waals surface area contributed by atoms with Crippen molar-refractivity contribution >= 4 is 11.9 Å². The van der Waals surface area contributed by atoms with Gasteiger partial charge in [-0.15, -0.1) is 4.59 Å². The van der Waals surface area contributed by atoms with Gasteiger partial charge in [0, 0.05) is 12.7 Å². The van der Waals surface area contributed by atoms with Gasteiger partial charge in [-0.2, -0.15) is 5.84 Å². The predicted octanol–water partition coefficient (Wildman–Crippen LogP) is -2.33. The van der Waals surface area contributed by atoms with Crippen molar-refractivity contribution in [1.29, 1.82) is 0 Å². The second-order valence-corrected chi connectivity index (χ2v) is 6.65. The van der Waals surface area contributed by atoms with Gasteiger partial charge in [0.25, 0.3) is 5.91 Å². The summed E-state index contributed by atoms with van der Waals surface area (Å²) >= 11 is 0. The number of amides is 3. The van der Waals surface area contributed by atoms with Gasteiger partial charge in [-0.3, -0.25) is 4.79 Å². The number of hydrogen-bond acceptors (Lipinski definition) is 7. The first-order chi connectivity index (χ1) is 12.8. The minimum absolute atomic E-state index is 0. The van der Waals surface area contributed by atoms with Gasteiger partial charge >= 0.3 is 6.03 Å². The van der Waals surface area contributed by atoms with Crippen LogP contribution in [0, 0.1) is 0 Å². The molecule has 1 aromatic carbocycles. The molecule has 9 nitrogen and oxygen atoms in total. The highest BCUT2D eigenvalue weighted by molar-refractivity contribution is 6.03. The normalized spacial score (nSPS) is 31.0. The maximum absolute atomic E-state index is 12.2. The molecule has 28 heavy (non-hydrogen) atoms. The highest BCUT2D eigenvalue weighted by Gasteiger charge is 2.52. The standard InChI is InChI=1S/C18H23N3O6.BrH/c1-11-9-21(19,18(24)20-16(11)23)15-8-13(22)14(27-15)10-26-17(25-2)12-6-4-3-5-7-12;/h3-7,9,13-15,17,22H,8,10,19H2,1-2H3;1H/t13-,14+,15+,17?,21?;/m0./s1. The van der Waals surface area contributed by atoms with Crippen LogP contribution in [0.2, 0.25) is 0 Å². The van der Waals surface area contributed by atoms with Gasteiger partial charge in [0.2, 0.25) is 6.23 Å². The van der Waals surface area contributed by atoms with Crippen LogP contribution in [0.4, 0.5) is 4.79 Å². The molecule has 10 heteroatoms. The van der Waals surface area contributed by atoms with Crippen LogP contribution < -0.4 is 28.1 Å². The van der Waals surface area contributed by atoms with Crippen molar-refractivity contribution in [3.8, 4) is 0 Å². The Labute approximate surface area is 173 Å². The van der Waals surface area contributed by atoms with Crippen molar-refractivity contribution < 1.29 is 50.5 Å². The molecule has 5 atom stereocenters. The lowest BCUT2D eigenvalue weighted by molar-refractivity contribution is -0.863. The summed E-state index contributed by atoms with van der Waals surface area (Å²) in [5.74, 6) is 5.66. The van der Waals surface area contributed by atoms with E-state index in [4.69, 9.17) is 20.1 Å². The Morgan fingerprint density at radius 2 is 2.04 bits per heavy atom. The number of hydrogen-bond donors (Lipinski definition) is 3. The van der Waals surface area contributed by atoms with Crippen molar-refractivity contribution in [1.82, 2.24) is 5.32 Å². The Morgan fingerprint density at radius 3 is 2.68 bits per heavy atom. The third-order valence-corrected chi connectivity index (χ3v) is 4.72. The van der Waals surface area contributed by atoms with E-state index in [1.54, 1.807) is 6.92 Å². The number of methoxy groups -OCH3 is 1. The van der Waals surface area contributed by atoms with Crippen molar-refractivity contribution in [2.75, 3.05) is 13.7 Å². The Balaban J connectivity index is 0.00000280. The maximum atomic E-state index is 12.2. The molecule has 0 aromatic heterocycles. The predicted molar refractivity (Wildman–Crippen MR) is 93.2 cm³/mol. The van der Waals surface area contributed by atoms with E-state index in [2.05, 4.69) is 5.32 Å². The molecule has 154 valence electrons. The molecule has 3 amide bonds. The lowest BCUT2D eigenvalue weighted by Crippen LogP contribution is -3.00. The second-order valence-electron chi connectivity index (χ2n) is 6.65. The molecule has 2 unspecified atom stereocenters. The maximum Gasteiger partial charge on any atom is 0.449 e. The number of nitrogens with zero attached hydrogens (tertiary/aromatic N) is 1. The number of rotatable bonds is 6. The van der Waals surface area contributed by atoms with Crippen molar-refractivity contribution in [3.63, 3.8) is 0 Å². The molecule has 2 aliphatic heterocycles. The molecule has 2 aliphatic rings. The van der Waals surface area contributed by atoms with E-state index in [0.717, 1.165) is 5.56 Å². The molecule has 0 saturated carbocycles. The van der Waals surface area contributed by atoms with Gasteiger partial charge in [0.15, 0.2) is 6.29 Å². The van der Waals surface area contributed by atoms with Crippen LogP contribution in [-0.4, -0.2) is 53.8 Å². The molecule has 2 heterocycles. The first-order valence-electron chi connectivity index (χ1n) is 8.60. The first-order valence-corrected chi connectivity index (χ1v) is 8.60. The van der Waals surface area contributed by atoms with Gasteiger partial charge in [-0.25, -0.2) is 10.1 Å². The number of carbonyl (C=O) groups excluding carboxylic acids is 2. The van der Waals surface area contributed by atoms with E-state index >= 15 is 0 Å². The summed E-state index contributed by atoms with van der Waals surface area (Å²) < 4.78 is 16.1. The van der Waals surface area contributed by atoms with Crippen LogP contribution in [0.3, 0.4) is 0 Å². The Bertz CT molecular complexity index is 746. The summed E-state index contributed by atoms with van der Waals surface area (Å²) in [6.45, 7) is 1.60. The topological polar surface area (TPSA) is 120 Å². The quantitative estimate of drug-likeness (QED) is 0.189. The second kappa shape index (κ2) is 9.23. The molecule has 0 aliphatic carbocycles. The highest BCUT2D eigenvalue weighted by atomic mass is 79.9. The first kappa shape index (κ1) is 22.6. The molecular weight excluding hydrogens is 434 g/mol. The summed E-state index contributed by atoms with van der Waals surface area (Å²) in [5.41, 5.74) is 1.14. The van der Waals surface area contributed by atoms with Crippen LogP contribution >= 0.6 is 0 Å². The number of nitrogens with two attached hydrogens (primary N) is 1. The van der Waals surface area contributed by atoms with E-state index in [-0.39, 0.29) is 30.0 Å². The zero-order valence-corrected chi connectivity index (χ0v) is 17.2. The summed E-state index contributed by atoms with van der Waals surface area (Å²) in [5, 5.41) is 12.5. The SMILES string of the molecule is COC(OC[C@H]1O[C@@H]([N+]2(N)C=C(C)C(=O)NC2=O)C[C@@H]1O)c1ccccc1.[Br-]. The Hall–Kier alpha value is -1.66. The van der Waals surface area contributed by atoms with Crippen molar-refractivity contribution in [2.24, 2.45) is 5.84 Å². The van der Waals surface area contributed by atoms with Crippen molar-refractivity contribution in [2.45, 2.75) is 38.1 Å². The summed E-state index contributed by atoms with van der Waals surface area (Å²) in [4.78, 5) is 23.8. The van der Waals surface area contributed by atoms with Crippen molar-refractivity contribution in [3.05, 3.63) is 47.7 Å². The molecular formula is C18H24BrN3O6. The zero-order chi connectivity index (χ0) is 19.6. The summed E-state index contributed by atoms with van der Waals surface area (Å²) in [6.07, 6.45) is -1.55. The lowest BCUT2D eigenvalue weighted by Gasteiger charge is -2.33. The Morgan fingerprint density at radius 1 is 1.36 bits per heavy atom. The van der Waals surface area contributed by atoms with E-state index < -0.39 is 41.3 Å². The number of aliphatic hydroxyl groups excluding tert-OH is 1. The van der Waals surface area contributed by atoms with Gasteiger partial charge in [-0.05, 0) is 6.92 Å². The van der Waals surface area contributed by atoms with E-state index in [9.17, 15) is 14.7 Å². The van der Waals surface area contributed by atoms with Gasteiger partial charge in [0.1, 0.15) is 12.3 Å². The largest absolute Gasteiger partial charge is 1.00 e. The fourth-order valence-electron chi connectivity index (χ4n) is 3.17. The van der Waals surface area contributed by atoms with Gasteiger partial charge < -0.3 is 36.3 Å². The monoisotopic (exact) mass is 457 g/mol. The number of carbonyl (C=O) groups is 2. The number of urea groups is 1. The number of benzene rings is 1. The average molecular weight is 458 g/mol. The third kappa shape index (κ3) is 4.49. The van der Waals surface area contributed by atoms with Crippen LogP contribution in [0.15, 0.2) is 42.1 Å². The number of nitrogens with one attached hydrogen (secondary N) is 1. The molecule has 0 radical (unpaired) electrons. The number of quaternary nitrogens is 1. The number of halogens is 1. The average Bonchev–Trinajstić information content (AvgIpc) is 3.03. The minimum Gasteiger partial charge on any atom is -1.00 e. The van der Waals surface area contributed by atoms with E-state index in [0.29, 0.717) is 5.57 Å². The molecule has 1 aromatic rings. The van der Waals surface area contributed by atoms with Gasteiger partial charge in [0.05, 0.1) is 24.7 Å². The van der Waals surface area contributed by atoms with Crippen LogP contribution in [0.5, 0.6) is 0 Å². The lowest BCUT2D eigenvalue weighted by atomic mass is 10.1. The third-order valence-electron chi connectivity index (χ3n) is 4.72. The fourth-order valence-corrected chi connectivity index (χ4v) is 3.17. The number of aliphatic hydroxyl groups is 1. The molecule has 1 saturated heterocycles. The summed E-state index contributed by atoms with van der Waals surface area (Å²) in [7, 11) is 1.52. The van der Waals surface area contributed by atoms with Crippen LogP contribution in [0.1, 0.15) is 25.2 Å². The zero-order valence-electron chi connectivity index (χ0n) is 15.6.